The normalized spacial score (nSPS) is 14.5. The number of benzene rings is 2. The molecule has 1 aliphatic rings. The van der Waals surface area contributed by atoms with Crippen LogP contribution < -0.4 is 14.9 Å². The molecular weight excluding hydrogens is 484 g/mol. The summed E-state index contributed by atoms with van der Waals surface area (Å²) in [6.45, 7) is 0.620. The Morgan fingerprint density at radius 1 is 1.05 bits per heavy atom. The molecule has 8 nitrogen and oxygen atoms in total. The zero-order valence-corrected chi connectivity index (χ0v) is 22.5. The summed E-state index contributed by atoms with van der Waals surface area (Å²) in [5, 5.41) is 16.2. The van der Waals surface area contributed by atoms with Gasteiger partial charge in [0.1, 0.15) is 16.6 Å². The standard InChI is InChI=1S/C22H24N6OS.C6H12O/c1-23-18-8-10-19(11-9-18)25-22-24-14-16-12-13-28(21(16)26-22)15-17-6-4-5-7-20(17)27(2)30(3)29;7-6-4-2-1-3-5-6/h4-14,23H,15H2,1-3H3,(H,24,25,26);6-7H,1-5H2. The molecule has 0 saturated heterocycles. The summed E-state index contributed by atoms with van der Waals surface area (Å²) in [5.74, 6) is 0.541. The highest BCUT2D eigenvalue weighted by atomic mass is 32.2. The fraction of sp³-hybridized carbons (Fsp3) is 0.357. The molecule has 1 fully saturated rings. The highest BCUT2D eigenvalue weighted by Gasteiger charge is 2.12. The van der Waals surface area contributed by atoms with Crippen LogP contribution in [0.25, 0.3) is 11.0 Å². The molecule has 9 heteroatoms. The van der Waals surface area contributed by atoms with Gasteiger partial charge < -0.3 is 20.3 Å². The van der Waals surface area contributed by atoms with Gasteiger partial charge in [0.15, 0.2) is 0 Å². The van der Waals surface area contributed by atoms with E-state index in [0.717, 1.165) is 46.5 Å². The van der Waals surface area contributed by atoms with Gasteiger partial charge in [0.2, 0.25) is 5.95 Å². The van der Waals surface area contributed by atoms with Gasteiger partial charge in [-0.15, -0.1) is 0 Å². The molecular formula is C28H36N6O2S. The molecule has 2 aromatic heterocycles. The van der Waals surface area contributed by atoms with Crippen molar-refractivity contribution in [3.8, 4) is 0 Å². The van der Waals surface area contributed by atoms with Gasteiger partial charge in [-0.05, 0) is 54.8 Å². The van der Waals surface area contributed by atoms with Crippen LogP contribution in [0.4, 0.5) is 23.0 Å². The summed E-state index contributed by atoms with van der Waals surface area (Å²) in [7, 11) is 2.64. The molecule has 1 aliphatic carbocycles. The molecule has 1 atom stereocenters. The second-order valence-electron chi connectivity index (χ2n) is 9.21. The summed E-state index contributed by atoms with van der Waals surface area (Å²) in [4.78, 5) is 9.16. The summed E-state index contributed by atoms with van der Waals surface area (Å²) >= 11 is 0. The van der Waals surface area contributed by atoms with Crippen LogP contribution in [-0.2, 0) is 17.5 Å². The maximum absolute atomic E-state index is 12.0. The summed E-state index contributed by atoms with van der Waals surface area (Å²) in [6.07, 6.45) is 11.4. The van der Waals surface area contributed by atoms with Crippen molar-refractivity contribution in [2.24, 2.45) is 0 Å². The number of aromatic nitrogens is 3. The molecule has 1 saturated carbocycles. The van der Waals surface area contributed by atoms with Gasteiger partial charge in [-0.1, -0.05) is 37.5 Å². The number of anilines is 4. The smallest absolute Gasteiger partial charge is 0.229 e. The predicted molar refractivity (Wildman–Crippen MR) is 154 cm³/mol. The van der Waals surface area contributed by atoms with Crippen molar-refractivity contribution in [1.82, 2.24) is 14.5 Å². The van der Waals surface area contributed by atoms with Gasteiger partial charge in [0.25, 0.3) is 0 Å². The lowest BCUT2D eigenvalue weighted by atomic mass is 9.98. The topological polar surface area (TPSA) is 95.3 Å². The molecule has 0 radical (unpaired) electrons. The van der Waals surface area contributed by atoms with Crippen molar-refractivity contribution in [2.75, 3.05) is 35.3 Å². The largest absolute Gasteiger partial charge is 0.393 e. The summed E-state index contributed by atoms with van der Waals surface area (Å²) in [6, 6.07) is 17.9. The summed E-state index contributed by atoms with van der Waals surface area (Å²) < 4.78 is 15.8. The Labute approximate surface area is 221 Å². The molecule has 2 aromatic carbocycles. The van der Waals surface area contributed by atoms with Crippen molar-refractivity contribution in [3.63, 3.8) is 0 Å². The van der Waals surface area contributed by atoms with Gasteiger partial charge >= 0.3 is 0 Å². The molecule has 2 heterocycles. The Bertz CT molecular complexity index is 1320. The highest BCUT2D eigenvalue weighted by Crippen LogP contribution is 2.24. The molecule has 4 aromatic rings. The number of aliphatic hydroxyl groups is 1. The van der Waals surface area contributed by atoms with E-state index in [1.807, 2.05) is 81.1 Å². The van der Waals surface area contributed by atoms with Crippen LogP contribution in [-0.4, -0.2) is 50.3 Å². The maximum Gasteiger partial charge on any atom is 0.229 e. The van der Waals surface area contributed by atoms with Crippen LogP contribution >= 0.6 is 0 Å². The van der Waals surface area contributed by atoms with E-state index in [0.29, 0.717) is 12.5 Å². The number of hydrogen-bond donors (Lipinski definition) is 3. The van der Waals surface area contributed by atoms with Crippen molar-refractivity contribution < 1.29 is 9.32 Å². The number of nitrogens with one attached hydrogen (secondary N) is 2. The molecule has 37 heavy (non-hydrogen) atoms. The lowest BCUT2D eigenvalue weighted by molar-refractivity contribution is 0.130. The Hall–Kier alpha value is -3.43. The monoisotopic (exact) mass is 520 g/mol. The molecule has 196 valence electrons. The first kappa shape index (κ1) is 26.6. The molecule has 5 rings (SSSR count). The van der Waals surface area contributed by atoms with Gasteiger partial charge in [0.05, 0.1) is 18.3 Å². The third-order valence-corrected chi connectivity index (χ3v) is 7.53. The lowest BCUT2D eigenvalue weighted by Gasteiger charge is -2.19. The Morgan fingerprint density at radius 2 is 1.76 bits per heavy atom. The number of aliphatic hydroxyl groups excluding tert-OH is 1. The molecule has 3 N–H and O–H groups in total. The van der Waals surface area contributed by atoms with Gasteiger partial charge in [-0.2, -0.15) is 4.98 Å². The van der Waals surface area contributed by atoms with Crippen LogP contribution in [0.2, 0.25) is 0 Å². The third kappa shape index (κ3) is 7.08. The molecule has 0 amide bonds. The van der Waals surface area contributed by atoms with E-state index in [1.54, 1.807) is 10.6 Å². The van der Waals surface area contributed by atoms with Crippen molar-refractivity contribution in [2.45, 2.75) is 44.8 Å². The number of nitrogens with zero attached hydrogens (tertiary/aromatic N) is 4. The van der Waals surface area contributed by atoms with Crippen molar-refractivity contribution in [1.29, 1.82) is 0 Å². The number of para-hydroxylation sites is 1. The van der Waals surface area contributed by atoms with Crippen LogP contribution in [0.1, 0.15) is 37.7 Å². The average molecular weight is 521 g/mol. The van der Waals surface area contributed by atoms with E-state index >= 15 is 0 Å². The van der Waals surface area contributed by atoms with E-state index in [1.165, 1.54) is 19.3 Å². The van der Waals surface area contributed by atoms with E-state index in [2.05, 4.69) is 20.2 Å². The lowest BCUT2D eigenvalue weighted by Crippen LogP contribution is -2.20. The third-order valence-electron chi connectivity index (χ3n) is 6.56. The molecule has 1 unspecified atom stereocenters. The quantitative estimate of drug-likeness (QED) is 0.306. The van der Waals surface area contributed by atoms with Gasteiger partial charge in [-0.3, -0.25) is 4.31 Å². The number of rotatable bonds is 7. The van der Waals surface area contributed by atoms with Crippen LogP contribution in [0, 0.1) is 0 Å². The van der Waals surface area contributed by atoms with E-state index in [4.69, 9.17) is 10.1 Å². The zero-order chi connectivity index (χ0) is 26.2. The first-order valence-electron chi connectivity index (χ1n) is 12.6. The highest BCUT2D eigenvalue weighted by molar-refractivity contribution is 7.85. The van der Waals surface area contributed by atoms with Crippen LogP contribution in [0.5, 0.6) is 0 Å². The number of fused-ring (bicyclic) bond motifs is 1. The second kappa shape index (κ2) is 12.7. The van der Waals surface area contributed by atoms with Crippen LogP contribution in [0.15, 0.2) is 67.0 Å². The average Bonchev–Trinajstić information content (AvgIpc) is 3.31. The minimum atomic E-state index is -1.09. The molecule has 0 aliphatic heterocycles. The fourth-order valence-electron chi connectivity index (χ4n) is 4.36. The van der Waals surface area contributed by atoms with Crippen molar-refractivity contribution >= 4 is 45.0 Å². The van der Waals surface area contributed by atoms with E-state index in [9.17, 15) is 4.21 Å². The SMILES string of the molecule is CNc1ccc(Nc2ncc3ccn(Cc4ccccc4N(C)S(C)=O)c3n2)cc1.OC1CCCCC1. The Morgan fingerprint density at radius 3 is 2.41 bits per heavy atom. The Kier molecular flexibility index (Phi) is 9.14. The summed E-state index contributed by atoms with van der Waals surface area (Å²) in [5.41, 5.74) is 4.82. The first-order chi connectivity index (χ1) is 17.9. The van der Waals surface area contributed by atoms with Gasteiger partial charge in [0, 0.05) is 49.5 Å². The zero-order valence-electron chi connectivity index (χ0n) is 21.7. The predicted octanol–water partition coefficient (Wildman–Crippen LogP) is 5.31. The molecule has 0 spiro atoms. The minimum absolute atomic E-state index is 0.0359. The fourth-order valence-corrected chi connectivity index (χ4v) is 4.82. The minimum Gasteiger partial charge on any atom is -0.393 e. The Balaban J connectivity index is 0.000000396. The van der Waals surface area contributed by atoms with E-state index in [-0.39, 0.29) is 6.10 Å². The number of hydrogen-bond acceptors (Lipinski definition) is 6. The van der Waals surface area contributed by atoms with Crippen molar-refractivity contribution in [3.05, 3.63) is 72.6 Å². The second-order valence-corrected chi connectivity index (χ2v) is 10.6. The molecule has 0 bridgehead atoms. The first-order valence-corrected chi connectivity index (χ1v) is 14.2. The van der Waals surface area contributed by atoms with Crippen LogP contribution in [0.3, 0.4) is 0 Å². The maximum atomic E-state index is 12.0. The van der Waals surface area contributed by atoms with Gasteiger partial charge in [-0.25, -0.2) is 9.19 Å². The van der Waals surface area contributed by atoms with E-state index < -0.39 is 11.0 Å².